The molecule has 1 aromatic heterocycles. The van der Waals surface area contributed by atoms with E-state index in [2.05, 4.69) is 14.9 Å². The molecule has 4 nitrogen and oxygen atoms in total. The maximum Gasteiger partial charge on any atom is 0.226 e. The third kappa shape index (κ3) is 1.64. The monoisotopic (exact) mass is 208 g/mol. The van der Waals surface area contributed by atoms with Crippen molar-refractivity contribution >= 4 is 17.5 Å². The van der Waals surface area contributed by atoms with Gasteiger partial charge in [-0.3, -0.25) is 0 Å². The Labute approximate surface area is 87.1 Å². The van der Waals surface area contributed by atoms with Gasteiger partial charge in [0, 0.05) is 13.1 Å². The summed E-state index contributed by atoms with van der Waals surface area (Å²) in [6.45, 7) is 1.95. The highest BCUT2D eigenvalue weighted by atomic mass is 35.5. The minimum absolute atomic E-state index is 0.240. The number of halogens is 1. The SMILES string of the molecule is N#Cc1cnc(N2CCCC2)nc1Cl. The molecule has 0 aromatic carbocycles. The van der Waals surface area contributed by atoms with Gasteiger partial charge in [-0.15, -0.1) is 0 Å². The van der Waals surface area contributed by atoms with E-state index in [9.17, 15) is 0 Å². The molecule has 0 bridgehead atoms. The first-order chi connectivity index (χ1) is 6.81. The highest BCUT2D eigenvalue weighted by Crippen LogP contribution is 2.19. The van der Waals surface area contributed by atoms with Gasteiger partial charge in [0.2, 0.25) is 5.95 Å². The van der Waals surface area contributed by atoms with Crippen LogP contribution in [0, 0.1) is 11.3 Å². The Kier molecular flexibility index (Phi) is 2.51. The molecular formula is C9H9ClN4. The average Bonchev–Trinajstić information content (AvgIpc) is 2.70. The van der Waals surface area contributed by atoms with Crippen LogP contribution in [0.25, 0.3) is 0 Å². The summed E-state index contributed by atoms with van der Waals surface area (Å²) < 4.78 is 0. The highest BCUT2D eigenvalue weighted by Gasteiger charge is 2.15. The topological polar surface area (TPSA) is 52.8 Å². The molecule has 1 saturated heterocycles. The Morgan fingerprint density at radius 2 is 2.14 bits per heavy atom. The first-order valence-electron chi connectivity index (χ1n) is 4.49. The zero-order chi connectivity index (χ0) is 9.97. The molecule has 0 N–H and O–H groups in total. The Hall–Kier alpha value is -1.34. The zero-order valence-electron chi connectivity index (χ0n) is 7.57. The van der Waals surface area contributed by atoms with Gasteiger partial charge in [0.25, 0.3) is 0 Å². The van der Waals surface area contributed by atoms with Crippen molar-refractivity contribution in [2.75, 3.05) is 18.0 Å². The summed E-state index contributed by atoms with van der Waals surface area (Å²) >= 11 is 5.81. The number of hydrogen-bond acceptors (Lipinski definition) is 4. The van der Waals surface area contributed by atoms with Crippen molar-refractivity contribution in [1.82, 2.24) is 9.97 Å². The number of aromatic nitrogens is 2. The molecule has 1 aliphatic heterocycles. The van der Waals surface area contributed by atoms with Crippen molar-refractivity contribution in [3.05, 3.63) is 16.9 Å². The number of rotatable bonds is 1. The minimum atomic E-state index is 0.240. The maximum absolute atomic E-state index is 8.65. The van der Waals surface area contributed by atoms with Crippen molar-refractivity contribution in [2.45, 2.75) is 12.8 Å². The molecule has 14 heavy (non-hydrogen) atoms. The molecule has 0 amide bonds. The Morgan fingerprint density at radius 1 is 1.43 bits per heavy atom. The van der Waals surface area contributed by atoms with E-state index in [-0.39, 0.29) is 5.15 Å². The predicted molar refractivity (Wildman–Crippen MR) is 53.2 cm³/mol. The van der Waals surface area contributed by atoms with E-state index in [4.69, 9.17) is 16.9 Å². The summed E-state index contributed by atoms with van der Waals surface area (Å²) in [7, 11) is 0. The highest BCUT2D eigenvalue weighted by molar-refractivity contribution is 6.30. The summed E-state index contributed by atoms with van der Waals surface area (Å²) in [5, 5.41) is 8.89. The minimum Gasteiger partial charge on any atom is -0.341 e. The van der Waals surface area contributed by atoms with Crippen LogP contribution in [0.4, 0.5) is 5.95 Å². The van der Waals surface area contributed by atoms with E-state index in [1.54, 1.807) is 0 Å². The molecule has 0 radical (unpaired) electrons. The number of nitriles is 1. The first-order valence-corrected chi connectivity index (χ1v) is 4.86. The zero-order valence-corrected chi connectivity index (χ0v) is 8.33. The Bertz CT molecular complexity index is 379. The lowest BCUT2D eigenvalue weighted by Crippen LogP contribution is -2.20. The molecule has 2 rings (SSSR count). The van der Waals surface area contributed by atoms with Crippen LogP contribution in [0.15, 0.2) is 6.20 Å². The fraction of sp³-hybridized carbons (Fsp3) is 0.444. The predicted octanol–water partition coefficient (Wildman–Crippen LogP) is 1.60. The van der Waals surface area contributed by atoms with Crippen molar-refractivity contribution < 1.29 is 0 Å². The van der Waals surface area contributed by atoms with Gasteiger partial charge in [-0.05, 0) is 12.8 Å². The quantitative estimate of drug-likeness (QED) is 0.658. The van der Waals surface area contributed by atoms with E-state index in [0.29, 0.717) is 11.5 Å². The summed E-state index contributed by atoms with van der Waals surface area (Å²) in [5.74, 6) is 0.631. The number of nitrogens with zero attached hydrogens (tertiary/aromatic N) is 4. The molecule has 0 saturated carbocycles. The van der Waals surface area contributed by atoms with Gasteiger partial charge >= 0.3 is 0 Å². The third-order valence-electron chi connectivity index (χ3n) is 2.24. The normalized spacial score (nSPS) is 15.6. The van der Waals surface area contributed by atoms with Crippen LogP contribution < -0.4 is 4.90 Å². The van der Waals surface area contributed by atoms with Crippen molar-refractivity contribution in [3.8, 4) is 6.07 Å². The molecule has 1 fully saturated rings. The lowest BCUT2D eigenvalue weighted by atomic mass is 10.4. The van der Waals surface area contributed by atoms with Gasteiger partial charge in [0.05, 0.1) is 6.20 Å². The van der Waals surface area contributed by atoms with Crippen molar-refractivity contribution in [1.29, 1.82) is 5.26 Å². The van der Waals surface area contributed by atoms with Crippen LogP contribution in [0.1, 0.15) is 18.4 Å². The van der Waals surface area contributed by atoms with Crippen molar-refractivity contribution in [2.24, 2.45) is 0 Å². The second kappa shape index (κ2) is 3.81. The van der Waals surface area contributed by atoms with Gasteiger partial charge in [-0.1, -0.05) is 11.6 Å². The van der Waals surface area contributed by atoms with E-state index in [0.717, 1.165) is 13.1 Å². The van der Waals surface area contributed by atoms with E-state index >= 15 is 0 Å². The number of hydrogen-bond donors (Lipinski definition) is 0. The van der Waals surface area contributed by atoms with Gasteiger partial charge < -0.3 is 4.90 Å². The van der Waals surface area contributed by atoms with Crippen molar-refractivity contribution in [3.63, 3.8) is 0 Å². The van der Waals surface area contributed by atoms with E-state index in [1.165, 1.54) is 19.0 Å². The third-order valence-corrected chi connectivity index (χ3v) is 2.53. The first kappa shape index (κ1) is 9.22. The van der Waals surface area contributed by atoms with Crippen LogP contribution in [0.3, 0.4) is 0 Å². The molecular weight excluding hydrogens is 200 g/mol. The van der Waals surface area contributed by atoms with Crippen LogP contribution >= 0.6 is 11.6 Å². The Balaban J connectivity index is 2.28. The average molecular weight is 209 g/mol. The molecule has 0 atom stereocenters. The lowest BCUT2D eigenvalue weighted by molar-refractivity contribution is 0.897. The molecule has 0 unspecified atom stereocenters. The summed E-state index contributed by atoms with van der Waals surface area (Å²) in [4.78, 5) is 10.3. The molecule has 0 spiro atoms. The van der Waals surface area contributed by atoms with Gasteiger partial charge in [-0.25, -0.2) is 4.98 Å². The van der Waals surface area contributed by atoms with Gasteiger partial charge in [-0.2, -0.15) is 10.2 Å². The van der Waals surface area contributed by atoms with E-state index < -0.39 is 0 Å². The van der Waals surface area contributed by atoms with Gasteiger partial charge in [0.1, 0.15) is 11.6 Å². The molecule has 1 aliphatic rings. The molecule has 0 aliphatic carbocycles. The summed E-state index contributed by atoms with van der Waals surface area (Å²) in [5.41, 5.74) is 0.328. The maximum atomic E-state index is 8.65. The second-order valence-electron chi connectivity index (χ2n) is 3.18. The Morgan fingerprint density at radius 3 is 2.71 bits per heavy atom. The summed E-state index contributed by atoms with van der Waals surface area (Å²) in [6, 6.07) is 1.94. The van der Waals surface area contributed by atoms with Gasteiger partial charge in [0.15, 0.2) is 5.15 Å². The van der Waals surface area contributed by atoms with Crippen LogP contribution in [-0.4, -0.2) is 23.1 Å². The van der Waals surface area contributed by atoms with Crippen LogP contribution in [0.2, 0.25) is 5.15 Å². The molecule has 2 heterocycles. The summed E-state index contributed by atoms with van der Waals surface area (Å²) in [6.07, 6.45) is 3.81. The van der Waals surface area contributed by atoms with Crippen LogP contribution in [-0.2, 0) is 0 Å². The van der Waals surface area contributed by atoms with E-state index in [1.807, 2.05) is 6.07 Å². The fourth-order valence-electron chi connectivity index (χ4n) is 1.50. The standard InChI is InChI=1S/C9H9ClN4/c10-8-7(5-11)6-12-9(13-8)14-3-1-2-4-14/h6H,1-4H2. The molecule has 5 heteroatoms. The smallest absolute Gasteiger partial charge is 0.226 e. The fourth-order valence-corrected chi connectivity index (χ4v) is 1.66. The lowest BCUT2D eigenvalue weighted by Gasteiger charge is -2.14. The molecule has 72 valence electrons. The number of anilines is 1. The second-order valence-corrected chi connectivity index (χ2v) is 3.54. The molecule has 1 aromatic rings. The van der Waals surface area contributed by atoms with Crippen LogP contribution in [0.5, 0.6) is 0 Å². The largest absolute Gasteiger partial charge is 0.341 e.